The van der Waals surface area contributed by atoms with Crippen LogP contribution in [-0.4, -0.2) is 27.7 Å². The van der Waals surface area contributed by atoms with E-state index in [1.54, 1.807) is 0 Å². The molecule has 0 spiro atoms. The van der Waals surface area contributed by atoms with Gasteiger partial charge >= 0.3 is 0 Å². The van der Waals surface area contributed by atoms with Crippen molar-refractivity contribution in [3.63, 3.8) is 0 Å². The van der Waals surface area contributed by atoms with Gasteiger partial charge in [-0.15, -0.1) is 0 Å². The summed E-state index contributed by atoms with van der Waals surface area (Å²) in [6, 6.07) is 4.06. The molecule has 1 aromatic carbocycles. The number of carbonyl (C=O) groups excluding carboxylic acids is 1. The van der Waals surface area contributed by atoms with Crippen LogP contribution in [0.2, 0.25) is 0 Å². The smallest absolute Gasteiger partial charge is 0.188 e. The molecule has 0 unspecified atom stereocenters. The average molecular weight is 182 g/mol. The molecule has 0 aromatic heterocycles. The van der Waals surface area contributed by atoms with Crippen LogP contribution in [0.15, 0.2) is 18.2 Å². The van der Waals surface area contributed by atoms with Crippen molar-refractivity contribution in [3.05, 3.63) is 29.3 Å². The molecule has 0 saturated carbocycles. The van der Waals surface area contributed by atoms with Crippen LogP contribution in [-0.2, 0) is 6.61 Å². The van der Waals surface area contributed by atoms with E-state index < -0.39 is 12.4 Å². The first-order chi connectivity index (χ1) is 6.19. The lowest BCUT2D eigenvalue weighted by Crippen LogP contribution is -2.04. The highest BCUT2D eigenvalue weighted by Crippen LogP contribution is 2.18. The van der Waals surface area contributed by atoms with Crippen molar-refractivity contribution >= 4 is 5.78 Å². The van der Waals surface area contributed by atoms with Crippen LogP contribution in [0.25, 0.3) is 0 Å². The van der Waals surface area contributed by atoms with Gasteiger partial charge in [0.2, 0.25) is 0 Å². The zero-order chi connectivity index (χ0) is 9.84. The van der Waals surface area contributed by atoms with Crippen molar-refractivity contribution in [2.75, 3.05) is 6.61 Å². The van der Waals surface area contributed by atoms with Gasteiger partial charge < -0.3 is 15.3 Å². The molecular formula is C9H10O4. The number of rotatable bonds is 3. The highest BCUT2D eigenvalue weighted by atomic mass is 16.3. The minimum Gasteiger partial charge on any atom is -0.508 e. The van der Waals surface area contributed by atoms with Gasteiger partial charge in [0, 0.05) is 11.1 Å². The van der Waals surface area contributed by atoms with Gasteiger partial charge in [-0.25, -0.2) is 0 Å². The summed E-state index contributed by atoms with van der Waals surface area (Å²) in [7, 11) is 0. The molecule has 0 atom stereocenters. The summed E-state index contributed by atoms with van der Waals surface area (Å²) in [4.78, 5) is 11.0. The number of phenols is 1. The Morgan fingerprint density at radius 2 is 2.00 bits per heavy atom. The molecule has 0 bridgehead atoms. The molecule has 13 heavy (non-hydrogen) atoms. The van der Waals surface area contributed by atoms with Gasteiger partial charge in [-0.3, -0.25) is 4.79 Å². The van der Waals surface area contributed by atoms with Gasteiger partial charge in [0.15, 0.2) is 5.78 Å². The molecular weight excluding hydrogens is 172 g/mol. The summed E-state index contributed by atoms with van der Waals surface area (Å²) in [5, 5.41) is 26.5. The highest BCUT2D eigenvalue weighted by molar-refractivity contribution is 5.97. The zero-order valence-electron chi connectivity index (χ0n) is 6.90. The van der Waals surface area contributed by atoms with Crippen LogP contribution in [0.4, 0.5) is 0 Å². The molecule has 0 radical (unpaired) electrons. The van der Waals surface area contributed by atoms with Crippen molar-refractivity contribution in [1.29, 1.82) is 0 Å². The lowest BCUT2D eigenvalue weighted by atomic mass is 10.1. The second-order valence-corrected chi connectivity index (χ2v) is 2.58. The van der Waals surface area contributed by atoms with Crippen LogP contribution in [0.5, 0.6) is 5.75 Å². The molecule has 4 heteroatoms. The summed E-state index contributed by atoms with van der Waals surface area (Å²) in [6.45, 7) is -0.909. The fraction of sp³-hybridized carbons (Fsp3) is 0.222. The molecule has 0 heterocycles. The number of hydrogen-bond acceptors (Lipinski definition) is 4. The zero-order valence-corrected chi connectivity index (χ0v) is 6.90. The molecule has 4 nitrogen and oxygen atoms in total. The highest BCUT2D eigenvalue weighted by Gasteiger charge is 2.07. The van der Waals surface area contributed by atoms with Gasteiger partial charge in [-0.1, -0.05) is 0 Å². The third-order valence-corrected chi connectivity index (χ3v) is 1.72. The number of aromatic hydroxyl groups is 1. The minimum absolute atomic E-state index is 0.0583. The Bertz CT molecular complexity index is 319. The Labute approximate surface area is 75.1 Å². The number of Topliss-reactive ketones (excluding diaryl/α,β-unsaturated/α-hetero) is 1. The van der Waals surface area contributed by atoms with Gasteiger partial charge in [-0.2, -0.15) is 0 Å². The molecule has 1 aromatic rings. The standard InChI is InChI=1S/C9H10O4/c10-4-7-3-6(9(13)5-11)1-2-8(7)12/h1-3,10-12H,4-5H2. The maximum atomic E-state index is 11.0. The Balaban J connectivity index is 3.06. The third-order valence-electron chi connectivity index (χ3n) is 1.72. The van der Waals surface area contributed by atoms with Crippen LogP contribution in [0, 0.1) is 0 Å². The van der Waals surface area contributed by atoms with E-state index in [4.69, 9.17) is 15.3 Å². The van der Waals surface area contributed by atoms with Gasteiger partial charge in [0.1, 0.15) is 12.4 Å². The average Bonchev–Trinajstić information content (AvgIpc) is 2.17. The number of benzene rings is 1. The fourth-order valence-corrected chi connectivity index (χ4v) is 0.977. The molecule has 0 aliphatic rings. The van der Waals surface area contributed by atoms with Crippen molar-refractivity contribution in [3.8, 4) is 5.75 Å². The van der Waals surface area contributed by atoms with E-state index in [2.05, 4.69) is 0 Å². The maximum absolute atomic E-state index is 11.0. The normalized spacial score (nSPS) is 10.0. The first-order valence-electron chi connectivity index (χ1n) is 3.76. The van der Waals surface area contributed by atoms with E-state index in [0.29, 0.717) is 0 Å². The second-order valence-electron chi connectivity index (χ2n) is 2.58. The number of aliphatic hydroxyl groups is 2. The van der Waals surface area contributed by atoms with Crippen LogP contribution in [0.1, 0.15) is 15.9 Å². The largest absolute Gasteiger partial charge is 0.508 e. The number of hydrogen-bond donors (Lipinski definition) is 3. The third kappa shape index (κ3) is 2.05. The van der Waals surface area contributed by atoms with Crippen molar-refractivity contribution in [2.24, 2.45) is 0 Å². The van der Waals surface area contributed by atoms with E-state index in [-0.39, 0.29) is 23.5 Å². The molecule has 0 saturated heterocycles. The summed E-state index contributed by atoms with van der Waals surface area (Å²) in [5.41, 5.74) is 0.559. The first kappa shape index (κ1) is 9.70. The summed E-state index contributed by atoms with van der Waals surface area (Å²) >= 11 is 0. The Hall–Kier alpha value is -1.39. The predicted molar refractivity (Wildman–Crippen MR) is 45.4 cm³/mol. The fourth-order valence-electron chi connectivity index (χ4n) is 0.977. The molecule has 1 rings (SSSR count). The van der Waals surface area contributed by atoms with Crippen LogP contribution >= 0.6 is 0 Å². The first-order valence-corrected chi connectivity index (χ1v) is 3.76. The number of carbonyl (C=O) groups is 1. The molecule has 0 amide bonds. The van der Waals surface area contributed by atoms with E-state index in [0.717, 1.165) is 0 Å². The Kier molecular flexibility index (Phi) is 3.00. The summed E-state index contributed by atoms with van der Waals surface area (Å²) < 4.78 is 0. The van der Waals surface area contributed by atoms with Crippen molar-refractivity contribution in [1.82, 2.24) is 0 Å². The van der Waals surface area contributed by atoms with Crippen LogP contribution < -0.4 is 0 Å². The Morgan fingerprint density at radius 3 is 2.54 bits per heavy atom. The maximum Gasteiger partial charge on any atom is 0.188 e. The molecule has 0 aliphatic carbocycles. The van der Waals surface area contributed by atoms with E-state index in [1.807, 2.05) is 0 Å². The minimum atomic E-state index is -0.574. The van der Waals surface area contributed by atoms with E-state index >= 15 is 0 Å². The van der Waals surface area contributed by atoms with Gasteiger partial charge in [-0.05, 0) is 18.2 Å². The van der Waals surface area contributed by atoms with Crippen molar-refractivity contribution in [2.45, 2.75) is 6.61 Å². The molecule has 70 valence electrons. The van der Waals surface area contributed by atoms with Crippen LogP contribution in [0.3, 0.4) is 0 Å². The lowest BCUT2D eigenvalue weighted by Gasteiger charge is -2.03. The summed E-state index contributed by atoms with van der Waals surface area (Å²) in [5.74, 6) is -0.494. The lowest BCUT2D eigenvalue weighted by molar-refractivity contribution is 0.0903. The predicted octanol–water partition coefficient (Wildman–Crippen LogP) is 0.0595. The topological polar surface area (TPSA) is 77.8 Å². The Morgan fingerprint density at radius 1 is 1.31 bits per heavy atom. The molecule has 3 N–H and O–H groups in total. The molecule has 0 fully saturated rings. The monoisotopic (exact) mass is 182 g/mol. The van der Waals surface area contributed by atoms with Crippen molar-refractivity contribution < 1.29 is 20.1 Å². The van der Waals surface area contributed by atoms with Gasteiger partial charge in [0.25, 0.3) is 0 Å². The van der Waals surface area contributed by atoms with E-state index in [1.165, 1.54) is 18.2 Å². The second kappa shape index (κ2) is 4.02. The summed E-state index contributed by atoms with van der Waals surface area (Å²) in [6.07, 6.45) is 0. The van der Waals surface area contributed by atoms with Gasteiger partial charge in [0.05, 0.1) is 6.61 Å². The number of ketones is 1. The SMILES string of the molecule is O=C(CO)c1ccc(O)c(CO)c1. The number of aliphatic hydroxyl groups excluding tert-OH is 2. The molecule has 0 aliphatic heterocycles. The van der Waals surface area contributed by atoms with E-state index in [9.17, 15) is 4.79 Å². The quantitative estimate of drug-likeness (QED) is 0.577.